The molecule has 0 radical (unpaired) electrons. The third-order valence-corrected chi connectivity index (χ3v) is 3.60. The van der Waals surface area contributed by atoms with Gasteiger partial charge in [0, 0.05) is 19.8 Å². The summed E-state index contributed by atoms with van der Waals surface area (Å²) in [4.78, 5) is 17.8. The van der Waals surface area contributed by atoms with Crippen LogP contribution in [0.2, 0.25) is 5.15 Å². The van der Waals surface area contributed by atoms with Crippen molar-refractivity contribution < 1.29 is 9.90 Å². The van der Waals surface area contributed by atoms with E-state index in [-0.39, 0.29) is 11.8 Å². The number of hydrogen-bond donors (Lipinski definition) is 1. The van der Waals surface area contributed by atoms with Crippen LogP contribution in [0.25, 0.3) is 0 Å². The Kier molecular flexibility index (Phi) is 4.19. The van der Waals surface area contributed by atoms with Gasteiger partial charge >= 0.3 is 0 Å². The SMILES string of the molecule is CN(Cc1ccc(Cl)nc1)C(=O)C1CCCC1O. The number of aromatic nitrogens is 1. The lowest BCUT2D eigenvalue weighted by Gasteiger charge is -2.22. The van der Waals surface area contributed by atoms with Crippen molar-refractivity contribution in [3.8, 4) is 0 Å². The van der Waals surface area contributed by atoms with Gasteiger partial charge in [-0.25, -0.2) is 4.98 Å². The fourth-order valence-corrected chi connectivity index (χ4v) is 2.48. The predicted molar refractivity (Wildman–Crippen MR) is 69.1 cm³/mol. The topological polar surface area (TPSA) is 53.4 Å². The molecule has 0 aliphatic heterocycles. The van der Waals surface area contributed by atoms with Gasteiger partial charge in [0.1, 0.15) is 5.15 Å². The summed E-state index contributed by atoms with van der Waals surface area (Å²) in [5.74, 6) is -0.231. The average molecular weight is 269 g/mol. The lowest BCUT2D eigenvalue weighted by atomic mass is 10.0. The Morgan fingerprint density at radius 2 is 2.33 bits per heavy atom. The summed E-state index contributed by atoms with van der Waals surface area (Å²) in [6.45, 7) is 0.492. The molecule has 1 fully saturated rings. The van der Waals surface area contributed by atoms with Gasteiger partial charge in [0.25, 0.3) is 0 Å². The van der Waals surface area contributed by atoms with Gasteiger partial charge in [-0.2, -0.15) is 0 Å². The summed E-state index contributed by atoms with van der Waals surface area (Å²) in [6, 6.07) is 3.56. The monoisotopic (exact) mass is 268 g/mol. The quantitative estimate of drug-likeness (QED) is 0.852. The number of halogens is 1. The number of nitrogens with zero attached hydrogens (tertiary/aromatic N) is 2. The van der Waals surface area contributed by atoms with Crippen molar-refractivity contribution in [1.82, 2.24) is 9.88 Å². The highest BCUT2D eigenvalue weighted by atomic mass is 35.5. The van der Waals surface area contributed by atoms with E-state index >= 15 is 0 Å². The van der Waals surface area contributed by atoms with Gasteiger partial charge < -0.3 is 10.0 Å². The lowest BCUT2D eigenvalue weighted by Crippen LogP contribution is -2.36. The van der Waals surface area contributed by atoms with E-state index in [2.05, 4.69) is 4.98 Å². The molecular weight excluding hydrogens is 252 g/mol. The van der Waals surface area contributed by atoms with E-state index in [0.717, 1.165) is 24.8 Å². The van der Waals surface area contributed by atoms with Gasteiger partial charge in [-0.05, 0) is 30.9 Å². The third-order valence-electron chi connectivity index (χ3n) is 3.38. The molecule has 1 aromatic heterocycles. The Hall–Kier alpha value is -1.13. The van der Waals surface area contributed by atoms with Gasteiger partial charge in [-0.1, -0.05) is 17.7 Å². The summed E-state index contributed by atoms with van der Waals surface area (Å²) in [7, 11) is 1.75. The molecule has 0 aromatic carbocycles. The van der Waals surface area contributed by atoms with Crippen molar-refractivity contribution in [3.63, 3.8) is 0 Å². The minimum atomic E-state index is -0.483. The zero-order valence-corrected chi connectivity index (χ0v) is 11.1. The average Bonchev–Trinajstić information content (AvgIpc) is 2.77. The van der Waals surface area contributed by atoms with Crippen LogP contribution in [0.1, 0.15) is 24.8 Å². The van der Waals surface area contributed by atoms with Gasteiger partial charge in [0.05, 0.1) is 12.0 Å². The van der Waals surface area contributed by atoms with E-state index < -0.39 is 6.10 Å². The molecule has 2 unspecified atom stereocenters. The third kappa shape index (κ3) is 3.00. The normalized spacial score (nSPS) is 23.1. The maximum atomic E-state index is 12.1. The van der Waals surface area contributed by atoms with Crippen LogP contribution in [-0.4, -0.2) is 34.0 Å². The van der Waals surface area contributed by atoms with Gasteiger partial charge in [-0.3, -0.25) is 4.79 Å². The maximum absolute atomic E-state index is 12.1. The van der Waals surface area contributed by atoms with Crippen LogP contribution >= 0.6 is 11.6 Å². The molecule has 1 heterocycles. The zero-order valence-electron chi connectivity index (χ0n) is 10.3. The molecule has 0 bridgehead atoms. The number of rotatable bonds is 3. The molecule has 0 saturated heterocycles. The second-order valence-electron chi connectivity index (χ2n) is 4.79. The molecule has 1 aliphatic rings. The molecule has 98 valence electrons. The largest absolute Gasteiger partial charge is 0.392 e. The molecule has 1 aliphatic carbocycles. The molecule has 5 heteroatoms. The van der Waals surface area contributed by atoms with E-state index in [1.807, 2.05) is 6.07 Å². The summed E-state index contributed by atoms with van der Waals surface area (Å²) in [5.41, 5.74) is 0.933. The second kappa shape index (κ2) is 5.67. The first kappa shape index (κ1) is 13.3. The molecule has 18 heavy (non-hydrogen) atoms. The fourth-order valence-electron chi connectivity index (χ4n) is 2.36. The van der Waals surface area contributed by atoms with Crippen molar-refractivity contribution in [3.05, 3.63) is 29.0 Å². The van der Waals surface area contributed by atoms with Crippen molar-refractivity contribution in [1.29, 1.82) is 0 Å². The van der Waals surface area contributed by atoms with E-state index in [1.165, 1.54) is 0 Å². The predicted octanol–water partition coefficient (Wildman–Crippen LogP) is 1.85. The second-order valence-corrected chi connectivity index (χ2v) is 5.18. The number of amides is 1. The summed E-state index contributed by atoms with van der Waals surface area (Å²) >= 11 is 5.71. The van der Waals surface area contributed by atoms with Crippen LogP contribution in [0.15, 0.2) is 18.3 Å². The fraction of sp³-hybridized carbons (Fsp3) is 0.538. The van der Waals surface area contributed by atoms with Crippen LogP contribution in [0.5, 0.6) is 0 Å². The Balaban J connectivity index is 1.97. The molecule has 1 amide bonds. The van der Waals surface area contributed by atoms with Gasteiger partial charge in [0.15, 0.2) is 0 Å². The minimum absolute atomic E-state index is 0.00921. The molecule has 0 spiro atoms. The number of aliphatic hydroxyl groups excluding tert-OH is 1. The van der Waals surface area contributed by atoms with Crippen LogP contribution < -0.4 is 0 Å². The van der Waals surface area contributed by atoms with Crippen LogP contribution in [0.4, 0.5) is 0 Å². The first-order valence-electron chi connectivity index (χ1n) is 6.11. The number of pyridine rings is 1. The molecule has 2 atom stereocenters. The van der Waals surface area contributed by atoms with E-state index in [9.17, 15) is 9.90 Å². The first-order valence-corrected chi connectivity index (χ1v) is 6.49. The first-order chi connectivity index (χ1) is 8.58. The van der Waals surface area contributed by atoms with Crippen molar-refractivity contribution in [2.24, 2.45) is 5.92 Å². The molecule has 1 aromatic rings. The van der Waals surface area contributed by atoms with E-state index in [0.29, 0.717) is 11.7 Å². The van der Waals surface area contributed by atoms with E-state index in [4.69, 9.17) is 11.6 Å². The lowest BCUT2D eigenvalue weighted by molar-refractivity contribution is -0.137. The Bertz CT molecular complexity index is 422. The smallest absolute Gasteiger partial charge is 0.228 e. The van der Waals surface area contributed by atoms with E-state index in [1.54, 1.807) is 24.2 Å². The van der Waals surface area contributed by atoms with Crippen molar-refractivity contribution >= 4 is 17.5 Å². The van der Waals surface area contributed by atoms with Crippen molar-refractivity contribution in [2.75, 3.05) is 7.05 Å². The summed E-state index contributed by atoms with van der Waals surface area (Å²) in [5, 5.41) is 10.2. The summed E-state index contributed by atoms with van der Waals surface area (Å²) < 4.78 is 0. The van der Waals surface area contributed by atoms with Gasteiger partial charge in [0.2, 0.25) is 5.91 Å². The highest BCUT2D eigenvalue weighted by molar-refractivity contribution is 6.29. The molecule has 1 N–H and O–H groups in total. The van der Waals surface area contributed by atoms with Crippen LogP contribution in [0.3, 0.4) is 0 Å². The Morgan fingerprint density at radius 1 is 1.56 bits per heavy atom. The highest BCUT2D eigenvalue weighted by Crippen LogP contribution is 2.27. The van der Waals surface area contributed by atoms with Crippen LogP contribution in [-0.2, 0) is 11.3 Å². The molecular formula is C13H17ClN2O2. The van der Waals surface area contributed by atoms with Gasteiger partial charge in [-0.15, -0.1) is 0 Å². The zero-order chi connectivity index (χ0) is 13.1. The number of carbonyl (C=O) groups is 1. The molecule has 1 saturated carbocycles. The Morgan fingerprint density at radius 3 is 2.89 bits per heavy atom. The number of carbonyl (C=O) groups excluding carboxylic acids is 1. The highest BCUT2D eigenvalue weighted by Gasteiger charge is 2.33. The Labute approximate surface area is 112 Å². The standard InChI is InChI=1S/C13H17ClN2O2/c1-16(8-9-5-6-12(14)15-7-9)13(18)10-3-2-4-11(10)17/h5-7,10-11,17H,2-4,8H2,1H3. The maximum Gasteiger partial charge on any atom is 0.228 e. The number of hydrogen-bond acceptors (Lipinski definition) is 3. The van der Waals surface area contributed by atoms with Crippen molar-refractivity contribution in [2.45, 2.75) is 31.9 Å². The summed E-state index contributed by atoms with van der Waals surface area (Å²) in [6.07, 6.45) is 3.62. The molecule has 4 nitrogen and oxygen atoms in total. The molecule has 2 rings (SSSR count). The number of aliphatic hydroxyl groups is 1. The minimum Gasteiger partial charge on any atom is -0.392 e. The van der Waals surface area contributed by atoms with Crippen LogP contribution in [0, 0.1) is 5.92 Å².